The summed E-state index contributed by atoms with van der Waals surface area (Å²) in [5, 5.41) is 5.58. The highest BCUT2D eigenvalue weighted by atomic mass is 32.2. The van der Waals surface area contributed by atoms with Gasteiger partial charge in [0.25, 0.3) is 0 Å². The quantitative estimate of drug-likeness (QED) is 0.567. The molecule has 0 bridgehead atoms. The minimum absolute atomic E-state index is 0.0415. The maximum Gasteiger partial charge on any atom is 0.241 e. The molecule has 0 radical (unpaired) electrons. The Bertz CT molecular complexity index is 758. The molecule has 0 saturated heterocycles. The van der Waals surface area contributed by atoms with Gasteiger partial charge in [0, 0.05) is 19.0 Å². The van der Waals surface area contributed by atoms with Crippen LogP contribution in [0, 0.1) is 0 Å². The zero-order chi connectivity index (χ0) is 20.6. The number of hydrogen-bond acceptors (Lipinski definition) is 5. The summed E-state index contributed by atoms with van der Waals surface area (Å²) in [6.45, 7) is 1.62. The van der Waals surface area contributed by atoms with Crippen LogP contribution in [-0.4, -0.2) is 46.0 Å². The number of amides is 2. The molecule has 0 unspecified atom stereocenters. The van der Waals surface area contributed by atoms with E-state index in [0.717, 1.165) is 25.7 Å². The summed E-state index contributed by atoms with van der Waals surface area (Å²) in [6.07, 6.45) is 5.65. The van der Waals surface area contributed by atoms with Gasteiger partial charge in [-0.15, -0.1) is 0 Å². The molecule has 1 saturated carbocycles. The van der Waals surface area contributed by atoms with Crippen molar-refractivity contribution in [3.05, 3.63) is 24.3 Å². The van der Waals surface area contributed by atoms with Crippen molar-refractivity contribution in [3.8, 4) is 5.75 Å². The molecule has 0 aliphatic heterocycles. The van der Waals surface area contributed by atoms with Crippen molar-refractivity contribution < 1.29 is 22.7 Å². The minimum atomic E-state index is -3.84. The van der Waals surface area contributed by atoms with E-state index in [1.165, 1.54) is 44.7 Å². The second kappa shape index (κ2) is 10.4. The van der Waals surface area contributed by atoms with Gasteiger partial charge in [0.1, 0.15) is 5.75 Å². The molecule has 3 N–H and O–H groups in total. The zero-order valence-electron chi connectivity index (χ0n) is 16.4. The van der Waals surface area contributed by atoms with E-state index < -0.39 is 22.0 Å². The molecule has 2 rings (SSSR count). The number of carbonyl (C=O) groups is 2. The fourth-order valence-electron chi connectivity index (χ4n) is 3.11. The average Bonchev–Trinajstić information content (AvgIpc) is 2.68. The second-order valence-electron chi connectivity index (χ2n) is 6.96. The van der Waals surface area contributed by atoms with Crippen molar-refractivity contribution in [2.45, 2.75) is 62.4 Å². The van der Waals surface area contributed by atoms with Crippen LogP contribution in [0.3, 0.4) is 0 Å². The van der Waals surface area contributed by atoms with E-state index in [9.17, 15) is 18.0 Å². The van der Waals surface area contributed by atoms with Gasteiger partial charge in [-0.3, -0.25) is 9.59 Å². The highest BCUT2D eigenvalue weighted by Crippen LogP contribution is 2.17. The molecule has 1 aromatic carbocycles. The van der Waals surface area contributed by atoms with Gasteiger partial charge < -0.3 is 15.4 Å². The van der Waals surface area contributed by atoms with Crippen LogP contribution in [0.1, 0.15) is 45.4 Å². The third-order valence-corrected chi connectivity index (χ3v) is 6.27. The van der Waals surface area contributed by atoms with Crippen LogP contribution in [-0.2, 0) is 19.6 Å². The van der Waals surface area contributed by atoms with E-state index in [0.29, 0.717) is 5.75 Å². The normalized spacial score (nSPS) is 16.2. The maximum absolute atomic E-state index is 12.4. The number of benzene rings is 1. The summed E-state index contributed by atoms with van der Waals surface area (Å²) in [4.78, 5) is 24.1. The van der Waals surface area contributed by atoms with Gasteiger partial charge in [-0.25, -0.2) is 8.42 Å². The van der Waals surface area contributed by atoms with Crippen molar-refractivity contribution in [3.63, 3.8) is 0 Å². The summed E-state index contributed by atoms with van der Waals surface area (Å²) in [5.74, 6) is -0.0440. The first-order valence-corrected chi connectivity index (χ1v) is 11.0. The molecule has 1 aromatic rings. The van der Waals surface area contributed by atoms with E-state index >= 15 is 0 Å². The van der Waals surface area contributed by atoms with E-state index in [2.05, 4.69) is 15.4 Å². The monoisotopic (exact) mass is 411 g/mol. The molecule has 1 atom stereocenters. The van der Waals surface area contributed by atoms with Crippen LogP contribution in [0.2, 0.25) is 0 Å². The molecule has 1 aliphatic carbocycles. The van der Waals surface area contributed by atoms with Crippen LogP contribution in [0.5, 0.6) is 5.75 Å². The molecule has 156 valence electrons. The fraction of sp³-hybridized carbons (Fsp3) is 0.579. The van der Waals surface area contributed by atoms with Gasteiger partial charge in [-0.1, -0.05) is 19.3 Å². The summed E-state index contributed by atoms with van der Waals surface area (Å²) >= 11 is 0. The third kappa shape index (κ3) is 6.79. The van der Waals surface area contributed by atoms with Gasteiger partial charge in [-0.05, 0) is 44.0 Å². The molecule has 1 fully saturated rings. The maximum atomic E-state index is 12.4. The number of carbonyl (C=O) groups excluding carboxylic acids is 2. The van der Waals surface area contributed by atoms with Crippen molar-refractivity contribution >= 4 is 21.8 Å². The Labute approximate surface area is 166 Å². The summed E-state index contributed by atoms with van der Waals surface area (Å²) in [5.41, 5.74) is 0. The molecule has 0 spiro atoms. The SMILES string of the molecule is COc1ccc(S(=O)(=O)N[C@@H](C)C(=O)NCCC(=O)NC2CCCCC2)cc1. The number of methoxy groups -OCH3 is 1. The van der Waals surface area contributed by atoms with Gasteiger partial charge in [0.05, 0.1) is 18.0 Å². The average molecular weight is 412 g/mol. The largest absolute Gasteiger partial charge is 0.497 e. The zero-order valence-corrected chi connectivity index (χ0v) is 17.2. The third-order valence-electron chi connectivity index (χ3n) is 4.72. The molecule has 0 aromatic heterocycles. The van der Waals surface area contributed by atoms with E-state index in [-0.39, 0.29) is 29.8 Å². The Morgan fingerprint density at radius 3 is 2.39 bits per heavy atom. The lowest BCUT2D eigenvalue weighted by Crippen LogP contribution is -2.45. The van der Waals surface area contributed by atoms with Crippen LogP contribution >= 0.6 is 0 Å². The number of sulfonamides is 1. The van der Waals surface area contributed by atoms with E-state index in [1.54, 1.807) is 0 Å². The molecule has 1 aliphatic rings. The summed E-state index contributed by atoms with van der Waals surface area (Å²) in [6, 6.07) is 5.14. The van der Waals surface area contributed by atoms with Gasteiger partial charge in [0.2, 0.25) is 21.8 Å². The predicted octanol–water partition coefficient (Wildman–Crippen LogP) is 1.32. The molecular formula is C19H29N3O5S. The standard InChI is InChI=1S/C19H29N3O5S/c1-14(22-28(25,26)17-10-8-16(27-2)9-11-17)19(24)20-13-12-18(23)21-15-6-4-3-5-7-15/h8-11,14-15,22H,3-7,12-13H2,1-2H3,(H,20,24)(H,21,23)/t14-/m0/s1. The lowest BCUT2D eigenvalue weighted by molar-refractivity contribution is -0.123. The molecule has 28 heavy (non-hydrogen) atoms. The van der Waals surface area contributed by atoms with Crippen LogP contribution in [0.25, 0.3) is 0 Å². The molecule has 9 heteroatoms. The molecular weight excluding hydrogens is 382 g/mol. The first kappa shape index (κ1) is 22.2. The lowest BCUT2D eigenvalue weighted by Gasteiger charge is -2.22. The Kier molecular flexibility index (Phi) is 8.25. The topological polar surface area (TPSA) is 114 Å². The Hall–Kier alpha value is -2.13. The highest BCUT2D eigenvalue weighted by Gasteiger charge is 2.22. The highest BCUT2D eigenvalue weighted by molar-refractivity contribution is 7.89. The second-order valence-corrected chi connectivity index (χ2v) is 8.68. The van der Waals surface area contributed by atoms with E-state index in [1.807, 2.05) is 0 Å². The predicted molar refractivity (Wildman–Crippen MR) is 105 cm³/mol. The number of nitrogens with one attached hydrogen (secondary N) is 3. The van der Waals surface area contributed by atoms with Crippen molar-refractivity contribution in [1.82, 2.24) is 15.4 Å². The van der Waals surface area contributed by atoms with Gasteiger partial charge in [-0.2, -0.15) is 4.72 Å². The minimum Gasteiger partial charge on any atom is -0.497 e. The lowest BCUT2D eigenvalue weighted by atomic mass is 9.95. The molecule has 2 amide bonds. The van der Waals surface area contributed by atoms with Gasteiger partial charge >= 0.3 is 0 Å². The van der Waals surface area contributed by atoms with Crippen LogP contribution in [0.4, 0.5) is 0 Å². The Morgan fingerprint density at radius 1 is 1.14 bits per heavy atom. The van der Waals surface area contributed by atoms with Crippen molar-refractivity contribution in [2.24, 2.45) is 0 Å². The van der Waals surface area contributed by atoms with Crippen LogP contribution in [0.15, 0.2) is 29.2 Å². The number of ether oxygens (including phenoxy) is 1. The first-order chi connectivity index (χ1) is 13.3. The van der Waals surface area contributed by atoms with E-state index in [4.69, 9.17) is 4.74 Å². The van der Waals surface area contributed by atoms with Crippen molar-refractivity contribution in [2.75, 3.05) is 13.7 Å². The Morgan fingerprint density at radius 2 is 1.79 bits per heavy atom. The smallest absolute Gasteiger partial charge is 0.241 e. The first-order valence-electron chi connectivity index (χ1n) is 9.55. The summed E-state index contributed by atoms with van der Waals surface area (Å²) < 4.78 is 32.0. The van der Waals surface area contributed by atoms with Crippen molar-refractivity contribution in [1.29, 1.82) is 0 Å². The fourth-order valence-corrected chi connectivity index (χ4v) is 4.31. The number of hydrogen-bond donors (Lipinski definition) is 3. The number of rotatable bonds is 9. The molecule has 8 nitrogen and oxygen atoms in total. The summed E-state index contributed by atoms with van der Waals surface area (Å²) in [7, 11) is -2.35. The Balaban J connectivity index is 1.75. The molecule has 0 heterocycles. The van der Waals surface area contributed by atoms with Gasteiger partial charge in [0.15, 0.2) is 0 Å². The van der Waals surface area contributed by atoms with Crippen LogP contribution < -0.4 is 20.1 Å².